The molecule has 0 aromatic carbocycles. The standard InChI is InChI=1S/C10H17NO2/c1-7-8-4-3-5-13-9(8)6-10(12)11(7)2/h7-9H,3-6H2,1-2H3. The summed E-state index contributed by atoms with van der Waals surface area (Å²) in [7, 11) is 1.90. The van der Waals surface area contributed by atoms with Crippen molar-refractivity contribution >= 4 is 5.91 Å². The molecule has 0 saturated carbocycles. The van der Waals surface area contributed by atoms with Gasteiger partial charge in [0.15, 0.2) is 0 Å². The fraction of sp³-hybridized carbons (Fsp3) is 0.900. The van der Waals surface area contributed by atoms with Gasteiger partial charge in [0, 0.05) is 25.6 Å². The minimum atomic E-state index is 0.201. The highest BCUT2D eigenvalue weighted by molar-refractivity contribution is 5.77. The van der Waals surface area contributed by atoms with Gasteiger partial charge in [0.2, 0.25) is 5.91 Å². The molecule has 0 spiro atoms. The van der Waals surface area contributed by atoms with Crippen molar-refractivity contribution in [1.29, 1.82) is 0 Å². The summed E-state index contributed by atoms with van der Waals surface area (Å²) in [5.74, 6) is 0.798. The van der Waals surface area contributed by atoms with Crippen molar-refractivity contribution < 1.29 is 9.53 Å². The van der Waals surface area contributed by atoms with E-state index in [1.807, 2.05) is 11.9 Å². The van der Waals surface area contributed by atoms with Gasteiger partial charge in [0.05, 0.1) is 12.5 Å². The SMILES string of the molecule is CC1C2CCCOC2CC(=O)N1C. The Kier molecular flexibility index (Phi) is 2.28. The van der Waals surface area contributed by atoms with E-state index in [0.29, 0.717) is 18.4 Å². The number of carbonyl (C=O) groups excluding carboxylic acids is 1. The van der Waals surface area contributed by atoms with E-state index in [1.54, 1.807) is 0 Å². The molecule has 0 bridgehead atoms. The molecule has 13 heavy (non-hydrogen) atoms. The molecule has 1 amide bonds. The van der Waals surface area contributed by atoms with Crippen LogP contribution in [0.1, 0.15) is 26.2 Å². The number of rotatable bonds is 0. The highest BCUT2D eigenvalue weighted by Crippen LogP contribution is 2.32. The largest absolute Gasteiger partial charge is 0.377 e. The van der Waals surface area contributed by atoms with Gasteiger partial charge in [-0.1, -0.05) is 0 Å². The zero-order valence-electron chi connectivity index (χ0n) is 8.32. The van der Waals surface area contributed by atoms with E-state index in [0.717, 1.165) is 13.0 Å². The molecule has 3 unspecified atom stereocenters. The molecular formula is C10H17NO2. The maximum absolute atomic E-state index is 11.5. The summed E-state index contributed by atoms with van der Waals surface area (Å²) < 4.78 is 5.62. The molecule has 2 aliphatic rings. The lowest BCUT2D eigenvalue weighted by Crippen LogP contribution is -2.53. The average molecular weight is 183 g/mol. The van der Waals surface area contributed by atoms with Gasteiger partial charge in [-0.2, -0.15) is 0 Å². The number of carbonyl (C=O) groups is 1. The molecule has 0 N–H and O–H groups in total. The zero-order chi connectivity index (χ0) is 9.42. The first-order chi connectivity index (χ1) is 6.20. The molecule has 2 aliphatic heterocycles. The van der Waals surface area contributed by atoms with Crippen molar-refractivity contribution in [3.05, 3.63) is 0 Å². The number of piperidine rings is 1. The second kappa shape index (κ2) is 3.29. The molecule has 2 fully saturated rings. The molecular weight excluding hydrogens is 166 g/mol. The summed E-state index contributed by atoms with van der Waals surface area (Å²) in [4.78, 5) is 13.4. The van der Waals surface area contributed by atoms with Crippen LogP contribution in [0.15, 0.2) is 0 Å². The Bertz CT molecular complexity index is 215. The second-order valence-corrected chi connectivity index (χ2v) is 4.16. The Morgan fingerprint density at radius 2 is 2.31 bits per heavy atom. The number of fused-ring (bicyclic) bond motifs is 1. The molecule has 0 aromatic rings. The molecule has 3 atom stereocenters. The Hall–Kier alpha value is -0.570. The van der Waals surface area contributed by atoms with Crippen LogP contribution in [0.2, 0.25) is 0 Å². The summed E-state index contributed by atoms with van der Waals surface area (Å²) in [6.45, 7) is 2.97. The number of hydrogen-bond acceptors (Lipinski definition) is 2. The third-order valence-corrected chi connectivity index (χ3v) is 3.49. The first-order valence-corrected chi connectivity index (χ1v) is 5.07. The van der Waals surface area contributed by atoms with Crippen LogP contribution in [0.25, 0.3) is 0 Å². The molecule has 3 nitrogen and oxygen atoms in total. The van der Waals surface area contributed by atoms with E-state index in [1.165, 1.54) is 6.42 Å². The van der Waals surface area contributed by atoms with Crippen molar-refractivity contribution in [3.63, 3.8) is 0 Å². The summed E-state index contributed by atoms with van der Waals surface area (Å²) >= 11 is 0. The van der Waals surface area contributed by atoms with E-state index >= 15 is 0 Å². The summed E-state index contributed by atoms with van der Waals surface area (Å²) in [5.41, 5.74) is 0. The topological polar surface area (TPSA) is 29.5 Å². The van der Waals surface area contributed by atoms with Crippen LogP contribution in [0.4, 0.5) is 0 Å². The lowest BCUT2D eigenvalue weighted by atomic mass is 9.82. The van der Waals surface area contributed by atoms with Crippen molar-refractivity contribution in [1.82, 2.24) is 4.90 Å². The Balaban J connectivity index is 2.12. The van der Waals surface area contributed by atoms with Gasteiger partial charge >= 0.3 is 0 Å². The van der Waals surface area contributed by atoms with Crippen LogP contribution in [-0.2, 0) is 9.53 Å². The van der Waals surface area contributed by atoms with Crippen LogP contribution in [0, 0.1) is 5.92 Å². The van der Waals surface area contributed by atoms with E-state index in [-0.39, 0.29) is 12.0 Å². The second-order valence-electron chi connectivity index (χ2n) is 4.16. The monoisotopic (exact) mass is 183 g/mol. The van der Waals surface area contributed by atoms with Crippen molar-refractivity contribution in [2.45, 2.75) is 38.3 Å². The number of hydrogen-bond donors (Lipinski definition) is 0. The van der Waals surface area contributed by atoms with Crippen molar-refractivity contribution in [3.8, 4) is 0 Å². The number of ether oxygens (including phenoxy) is 1. The molecule has 2 saturated heterocycles. The smallest absolute Gasteiger partial charge is 0.225 e. The lowest BCUT2D eigenvalue weighted by Gasteiger charge is -2.44. The first-order valence-electron chi connectivity index (χ1n) is 5.07. The minimum absolute atomic E-state index is 0.201. The zero-order valence-corrected chi connectivity index (χ0v) is 8.32. The molecule has 2 heterocycles. The maximum atomic E-state index is 11.5. The van der Waals surface area contributed by atoms with E-state index < -0.39 is 0 Å². The number of amides is 1. The van der Waals surface area contributed by atoms with E-state index in [2.05, 4.69) is 6.92 Å². The van der Waals surface area contributed by atoms with Gasteiger partial charge in [-0.15, -0.1) is 0 Å². The Morgan fingerprint density at radius 1 is 1.54 bits per heavy atom. The van der Waals surface area contributed by atoms with Crippen LogP contribution < -0.4 is 0 Å². The van der Waals surface area contributed by atoms with Gasteiger partial charge in [0.1, 0.15) is 0 Å². The van der Waals surface area contributed by atoms with Crippen LogP contribution >= 0.6 is 0 Å². The summed E-state index contributed by atoms with van der Waals surface area (Å²) in [6.07, 6.45) is 3.15. The molecule has 74 valence electrons. The number of nitrogens with zero attached hydrogens (tertiary/aromatic N) is 1. The predicted octanol–water partition coefficient (Wildman–Crippen LogP) is 1.03. The fourth-order valence-corrected chi connectivity index (χ4v) is 2.46. The van der Waals surface area contributed by atoms with Gasteiger partial charge in [0.25, 0.3) is 0 Å². The first kappa shape index (κ1) is 9.00. The molecule has 0 aromatic heterocycles. The Morgan fingerprint density at radius 3 is 3.08 bits per heavy atom. The Labute approximate surface area is 79.0 Å². The van der Waals surface area contributed by atoms with Gasteiger partial charge in [-0.3, -0.25) is 4.79 Å². The van der Waals surface area contributed by atoms with Gasteiger partial charge in [-0.05, 0) is 19.8 Å². The molecule has 3 heteroatoms. The van der Waals surface area contributed by atoms with Gasteiger partial charge < -0.3 is 9.64 Å². The summed E-state index contributed by atoms with van der Waals surface area (Å²) in [6, 6.07) is 0.353. The highest BCUT2D eigenvalue weighted by atomic mass is 16.5. The van der Waals surface area contributed by atoms with E-state index in [9.17, 15) is 4.79 Å². The van der Waals surface area contributed by atoms with Crippen LogP contribution in [-0.4, -0.2) is 36.6 Å². The van der Waals surface area contributed by atoms with Crippen LogP contribution in [0.3, 0.4) is 0 Å². The number of likely N-dealkylation sites (tertiary alicyclic amines) is 1. The third-order valence-electron chi connectivity index (χ3n) is 3.49. The normalized spacial score (nSPS) is 40.3. The fourth-order valence-electron chi connectivity index (χ4n) is 2.46. The molecule has 0 radical (unpaired) electrons. The maximum Gasteiger partial charge on any atom is 0.225 e. The third kappa shape index (κ3) is 1.46. The lowest BCUT2D eigenvalue weighted by molar-refractivity contribution is -0.151. The minimum Gasteiger partial charge on any atom is -0.377 e. The van der Waals surface area contributed by atoms with Crippen LogP contribution in [0.5, 0.6) is 0 Å². The van der Waals surface area contributed by atoms with Crippen molar-refractivity contribution in [2.24, 2.45) is 5.92 Å². The molecule has 2 rings (SSSR count). The quantitative estimate of drug-likeness (QED) is 0.561. The average Bonchev–Trinajstić information content (AvgIpc) is 2.15. The van der Waals surface area contributed by atoms with Crippen molar-refractivity contribution in [2.75, 3.05) is 13.7 Å². The molecule has 0 aliphatic carbocycles. The summed E-state index contributed by atoms with van der Waals surface area (Å²) in [5, 5.41) is 0. The predicted molar refractivity (Wildman–Crippen MR) is 49.3 cm³/mol. The van der Waals surface area contributed by atoms with Gasteiger partial charge in [-0.25, -0.2) is 0 Å². The van der Waals surface area contributed by atoms with E-state index in [4.69, 9.17) is 4.74 Å². The highest BCUT2D eigenvalue weighted by Gasteiger charge is 2.39.